The molecular weight excluding hydrogens is 1440 g/mol. The van der Waals surface area contributed by atoms with Crippen LogP contribution in [0.1, 0.15) is 91.0 Å². The van der Waals surface area contributed by atoms with E-state index in [1.807, 2.05) is 6.07 Å². The van der Waals surface area contributed by atoms with E-state index >= 15 is 0 Å². The van der Waals surface area contributed by atoms with Crippen LogP contribution in [0.3, 0.4) is 0 Å². The Morgan fingerprint density at radius 3 is 1.29 bits per heavy atom. The molecule has 3 aromatic carbocycles. The van der Waals surface area contributed by atoms with Crippen molar-refractivity contribution in [1.82, 2.24) is 42.5 Å². The highest BCUT2D eigenvalue weighted by molar-refractivity contribution is 7.85. The number of nitrogens with two attached hydrogens (primary N) is 2. The van der Waals surface area contributed by atoms with Crippen molar-refractivity contribution in [2.75, 3.05) is 41.6 Å². The Hall–Kier alpha value is -10.9. The lowest BCUT2D eigenvalue weighted by Gasteiger charge is -2.06. The Morgan fingerprint density at radius 1 is 0.534 bits per heavy atom. The molecule has 0 aliphatic rings. The summed E-state index contributed by atoms with van der Waals surface area (Å²) < 4.78 is 42.5. The molecule has 9 aromatic heterocycles. The number of nitrogens with zero attached hydrogens (tertiary/aromatic N) is 9. The molecule has 0 saturated heterocycles. The number of aromatic nitrogens is 9. The molecule has 0 spiro atoms. The summed E-state index contributed by atoms with van der Waals surface area (Å²) in [5, 5.41) is 50.4. The molecule has 0 saturated carbocycles. The standard InChI is InChI=1S/C16H14ClN3O4S.C15H12ClN3O2.C11H12N2O3.C9H8N2O3.C6H6ClN.C6H8N2O.C5H7ClO3.CH4/c1-25(22,23)24-10-11-5-6-20-14(9-18-15(20)7-11)16(21)19-13-4-2-3-12(17)8-13;16-11-2-1-3-12(7-11)18-15(21)13-8-17-14-6-10(9-20)4-5-19(13)14;1-2-16-11(15)9-6-12-10-5-8(7-14)3-4-13(9)10;12-5-6-1-2-11-7(9(13)14)4-10-8(11)3-6;7-5-2-1-3-6(8)4-5;7-6-3-5(4-9)1-2-8-6;1-2-9-5(8)4(6)3-7;/h2-9H,10H2,1H3,(H,19,21);1-8,20H,9H2,(H,18,21);3-6,14H,2,7H2,1H3;1-4,12H,5H2,(H,13,14);1-4H,8H2;1-3,9H,4H2,(H2,7,8);3-4H,2H2,1H3;1H4. The van der Waals surface area contributed by atoms with E-state index in [0.717, 1.165) is 22.9 Å². The van der Waals surface area contributed by atoms with Crippen LogP contribution in [-0.4, -0.2) is 137 Å². The highest BCUT2D eigenvalue weighted by Crippen LogP contribution is 2.20. The number of benzene rings is 3. The lowest BCUT2D eigenvalue weighted by Crippen LogP contribution is -2.18. The summed E-state index contributed by atoms with van der Waals surface area (Å²) in [4.78, 5) is 87.3. The third-order valence-electron chi connectivity index (χ3n) is 13.1. The van der Waals surface area contributed by atoms with Crippen LogP contribution < -0.4 is 22.1 Å². The second kappa shape index (κ2) is 41.1. The number of rotatable bonds is 17. The molecule has 0 bridgehead atoms. The molecule has 1 unspecified atom stereocenters. The number of hydrogen-bond donors (Lipinski definition) is 9. The zero-order valence-corrected chi connectivity index (χ0v) is 58.2. The van der Waals surface area contributed by atoms with Crippen LogP contribution in [0.25, 0.3) is 22.6 Å². The number of hydrogen-bond acceptors (Lipinski definition) is 22. The van der Waals surface area contributed by atoms with Crippen molar-refractivity contribution in [2.45, 2.75) is 59.7 Å². The molecule has 11 N–H and O–H groups in total. The number of nitrogen functional groups attached to an aromatic ring is 2. The number of carbonyl (C=O) groups excluding carboxylic acids is 5. The van der Waals surface area contributed by atoms with Gasteiger partial charge in [0.25, 0.3) is 21.9 Å². The second-order valence-electron chi connectivity index (χ2n) is 20.6. The van der Waals surface area contributed by atoms with Gasteiger partial charge in [-0.05, 0) is 157 Å². The van der Waals surface area contributed by atoms with E-state index in [4.69, 9.17) is 92.3 Å². The largest absolute Gasteiger partial charge is 0.477 e. The van der Waals surface area contributed by atoms with Crippen molar-refractivity contribution in [3.63, 3.8) is 0 Å². The number of aliphatic hydroxyl groups is 4. The van der Waals surface area contributed by atoms with Crippen molar-refractivity contribution in [3.8, 4) is 0 Å². The first-order chi connectivity index (χ1) is 48.8. The van der Waals surface area contributed by atoms with Crippen LogP contribution in [0.5, 0.6) is 0 Å². The molecule has 542 valence electrons. The molecule has 9 heterocycles. The number of imidazole rings is 4. The Labute approximate surface area is 609 Å². The number of carbonyl (C=O) groups is 6. The van der Waals surface area contributed by atoms with E-state index in [1.54, 1.807) is 185 Å². The Bertz CT molecular complexity index is 4940. The van der Waals surface area contributed by atoms with Gasteiger partial charge in [-0.1, -0.05) is 60.4 Å². The number of carboxylic acids is 1. The minimum atomic E-state index is -3.52. The molecule has 1 atom stereocenters. The summed E-state index contributed by atoms with van der Waals surface area (Å²) in [6.45, 7) is 3.73. The summed E-state index contributed by atoms with van der Waals surface area (Å²) in [5.74, 6) is -2.27. The average Bonchev–Trinajstić information content (AvgIpc) is 1.70. The number of anilines is 4. The minimum absolute atomic E-state index is 0. The van der Waals surface area contributed by atoms with E-state index in [-0.39, 0.29) is 64.6 Å². The van der Waals surface area contributed by atoms with Gasteiger partial charge in [-0.2, -0.15) is 8.42 Å². The van der Waals surface area contributed by atoms with E-state index < -0.39 is 33.4 Å². The first-order valence-electron chi connectivity index (χ1n) is 29.9. The number of halogens is 4. The number of carboxylic acid groups (broad SMARTS) is 1. The highest BCUT2D eigenvalue weighted by Gasteiger charge is 2.18. The highest BCUT2D eigenvalue weighted by atomic mass is 35.5. The minimum Gasteiger partial charge on any atom is -0.477 e. The molecule has 12 rings (SSSR count). The fourth-order valence-corrected chi connectivity index (χ4v) is 9.39. The molecule has 12 aromatic rings. The number of aldehydes is 1. The van der Waals surface area contributed by atoms with Crippen LogP contribution in [0, 0.1) is 0 Å². The molecule has 0 fully saturated rings. The zero-order chi connectivity index (χ0) is 74.5. The lowest BCUT2D eigenvalue weighted by atomic mass is 10.3. The topological polar surface area (TPSA) is 424 Å². The number of fused-ring (bicyclic) bond motifs is 4. The van der Waals surface area contributed by atoms with Gasteiger partial charge < -0.3 is 61.9 Å². The number of ether oxygens (including phenoxy) is 2. The first kappa shape index (κ1) is 82.8. The molecular formula is C69H71Cl4N13O16S. The molecule has 0 radical (unpaired) electrons. The van der Waals surface area contributed by atoms with Gasteiger partial charge in [-0.25, -0.2) is 39.3 Å². The van der Waals surface area contributed by atoms with Crippen molar-refractivity contribution in [1.29, 1.82) is 0 Å². The lowest BCUT2D eigenvalue weighted by molar-refractivity contribution is -0.143. The third-order valence-corrected chi connectivity index (χ3v) is 14.7. The molecule has 0 aliphatic heterocycles. The normalized spacial score (nSPS) is 10.7. The van der Waals surface area contributed by atoms with Crippen LogP contribution in [-0.2, 0) is 66.4 Å². The maximum atomic E-state index is 12.4. The summed E-state index contributed by atoms with van der Waals surface area (Å²) >= 11 is 22.5. The second-order valence-corrected chi connectivity index (χ2v) is 24.0. The monoisotopic (exact) mass is 1510 g/mol. The maximum Gasteiger partial charge on any atom is 0.356 e. The summed E-state index contributed by atoms with van der Waals surface area (Å²) in [7, 11) is -3.52. The Morgan fingerprint density at radius 2 is 0.922 bits per heavy atom. The number of esters is 2. The van der Waals surface area contributed by atoms with Gasteiger partial charge in [0, 0.05) is 63.1 Å². The van der Waals surface area contributed by atoms with Crippen LogP contribution in [0.2, 0.25) is 15.1 Å². The summed E-state index contributed by atoms with van der Waals surface area (Å²) in [5.41, 5.74) is 19.7. The van der Waals surface area contributed by atoms with Crippen molar-refractivity contribution in [3.05, 3.63) is 255 Å². The van der Waals surface area contributed by atoms with Gasteiger partial charge in [-0.3, -0.25) is 31.4 Å². The smallest absolute Gasteiger partial charge is 0.356 e. The number of alkyl halides is 1. The van der Waals surface area contributed by atoms with Crippen molar-refractivity contribution >= 4 is 138 Å². The first-order valence-corrected chi connectivity index (χ1v) is 33.3. The fourth-order valence-electron chi connectivity index (χ4n) is 8.40. The van der Waals surface area contributed by atoms with Gasteiger partial charge in [0.2, 0.25) is 0 Å². The Balaban J connectivity index is 0.000000224. The van der Waals surface area contributed by atoms with E-state index in [1.165, 1.54) is 29.2 Å². The van der Waals surface area contributed by atoms with Gasteiger partial charge in [0.15, 0.2) is 16.8 Å². The molecule has 29 nitrogen and oxygen atoms in total. The molecule has 2 amide bonds. The van der Waals surface area contributed by atoms with Gasteiger partial charge in [0.1, 0.15) is 46.1 Å². The average molecular weight is 1510 g/mol. The number of aliphatic hydroxyl groups excluding tert-OH is 4. The predicted molar refractivity (Wildman–Crippen MR) is 389 cm³/mol. The number of nitrogens with one attached hydrogen (secondary N) is 2. The van der Waals surface area contributed by atoms with E-state index in [2.05, 4.69) is 40.3 Å². The summed E-state index contributed by atoms with van der Waals surface area (Å²) in [6.07, 6.45) is 15.2. The number of amides is 2. The summed E-state index contributed by atoms with van der Waals surface area (Å²) in [6, 6.07) is 37.8. The molecule has 34 heteroatoms. The maximum absolute atomic E-state index is 12.4. The predicted octanol–water partition coefficient (Wildman–Crippen LogP) is 10.0. The van der Waals surface area contributed by atoms with E-state index in [0.29, 0.717) is 102 Å². The quantitative estimate of drug-likeness (QED) is 0.0102. The Kier molecular flexibility index (Phi) is 33.0. The molecule has 103 heavy (non-hydrogen) atoms. The van der Waals surface area contributed by atoms with Crippen LogP contribution >= 0.6 is 46.4 Å². The van der Waals surface area contributed by atoms with Crippen LogP contribution in [0.4, 0.5) is 22.9 Å². The van der Waals surface area contributed by atoms with Gasteiger partial charge >= 0.3 is 17.9 Å². The van der Waals surface area contributed by atoms with Crippen molar-refractivity contribution < 1.29 is 76.4 Å². The van der Waals surface area contributed by atoms with E-state index in [9.17, 15) is 37.2 Å². The molecule has 0 aliphatic carbocycles. The number of pyridine rings is 5. The third kappa shape index (κ3) is 25.9. The van der Waals surface area contributed by atoms with Crippen LogP contribution in [0.15, 0.2) is 189 Å². The number of aromatic carboxylic acids is 1. The van der Waals surface area contributed by atoms with Gasteiger partial charge in [-0.15, -0.1) is 11.6 Å². The van der Waals surface area contributed by atoms with Crippen molar-refractivity contribution in [2.24, 2.45) is 0 Å². The van der Waals surface area contributed by atoms with Gasteiger partial charge in [0.05, 0.1) is 77.3 Å². The fraction of sp³-hybridized carbons (Fsp3) is 0.174. The SMILES string of the molecule is C.CCOC(=O)C(Cl)C=O.CCOC(=O)c1cnc2cc(CO)ccn12.CS(=O)(=O)OCc1ccn2c(C(=O)Nc3cccc(Cl)c3)cnc2c1.Nc1cc(CO)ccn1.Nc1cccc(Cl)c1.O=C(Nc1cccc(Cl)c1)c1cnc2cc(CO)ccn12.O=C(O)c1cnc2cc(CO)ccn12. The zero-order valence-electron chi connectivity index (χ0n) is 54.3.